The van der Waals surface area contributed by atoms with Gasteiger partial charge in [-0.15, -0.1) is 0 Å². The summed E-state index contributed by atoms with van der Waals surface area (Å²) in [7, 11) is 0. The lowest BCUT2D eigenvalue weighted by Gasteiger charge is -2.30. The van der Waals surface area contributed by atoms with Crippen LogP contribution < -0.4 is 11.5 Å². The van der Waals surface area contributed by atoms with E-state index in [-0.39, 0.29) is 19.0 Å². The van der Waals surface area contributed by atoms with Crippen molar-refractivity contribution in [1.82, 2.24) is 4.90 Å². The van der Waals surface area contributed by atoms with Crippen molar-refractivity contribution in [3.63, 3.8) is 0 Å². The first kappa shape index (κ1) is 17.4. The summed E-state index contributed by atoms with van der Waals surface area (Å²) < 4.78 is 12.9. The Kier molecular flexibility index (Phi) is 5.28. The van der Waals surface area contributed by atoms with Gasteiger partial charge in [0.1, 0.15) is 0 Å². The van der Waals surface area contributed by atoms with Gasteiger partial charge in [0, 0.05) is 36.8 Å². The van der Waals surface area contributed by atoms with Crippen LogP contribution in [0.3, 0.4) is 0 Å². The first-order valence-electron chi connectivity index (χ1n) is 8.53. The number of carbonyl (C=O) groups excluding carboxylic acids is 1. The summed E-state index contributed by atoms with van der Waals surface area (Å²) in [5.41, 5.74) is 14.4. The van der Waals surface area contributed by atoms with Crippen LogP contribution in [0.4, 0.5) is 4.39 Å². The van der Waals surface area contributed by atoms with Crippen LogP contribution in [0.2, 0.25) is 0 Å². The fourth-order valence-electron chi connectivity index (χ4n) is 2.97. The number of halogens is 1. The fourth-order valence-corrected chi connectivity index (χ4v) is 2.97. The van der Waals surface area contributed by atoms with Crippen molar-refractivity contribution >= 4 is 11.6 Å². The van der Waals surface area contributed by atoms with Crippen LogP contribution in [-0.2, 0) is 4.79 Å². The lowest BCUT2D eigenvalue weighted by Crippen LogP contribution is -2.42. The van der Waals surface area contributed by atoms with Crippen LogP contribution in [0.15, 0.2) is 58.5 Å². The minimum atomic E-state index is -0.0765. The van der Waals surface area contributed by atoms with Gasteiger partial charge in [0.2, 0.25) is 0 Å². The minimum Gasteiger partial charge on any atom is -0.401 e. The molecule has 1 aromatic carbocycles. The van der Waals surface area contributed by atoms with Crippen molar-refractivity contribution in [1.29, 1.82) is 0 Å². The van der Waals surface area contributed by atoms with Crippen LogP contribution in [0.5, 0.6) is 0 Å². The highest BCUT2D eigenvalue weighted by Gasteiger charge is 2.38. The summed E-state index contributed by atoms with van der Waals surface area (Å²) >= 11 is 0. The minimum absolute atomic E-state index is 0.0765. The van der Waals surface area contributed by atoms with Crippen molar-refractivity contribution in [2.75, 3.05) is 19.6 Å². The zero-order valence-electron chi connectivity index (χ0n) is 14.1. The molecular formula is C19H23FN4O. The monoisotopic (exact) mass is 342 g/mol. The number of hydrogen-bond donors (Lipinski definition) is 2. The second kappa shape index (κ2) is 7.61. The van der Waals surface area contributed by atoms with E-state index in [9.17, 15) is 9.18 Å². The third-order valence-electron chi connectivity index (χ3n) is 4.55. The molecule has 1 saturated carbocycles. The first-order chi connectivity index (χ1) is 12.2. The molecule has 0 aromatic heterocycles. The summed E-state index contributed by atoms with van der Waals surface area (Å²) in [5, 5.41) is 0. The molecule has 0 bridgehead atoms. The highest BCUT2D eigenvalue weighted by molar-refractivity contribution is 6.28. The predicted molar refractivity (Wildman–Crippen MR) is 96.7 cm³/mol. The van der Waals surface area contributed by atoms with E-state index in [0.717, 1.165) is 18.4 Å². The number of benzene rings is 1. The molecule has 25 heavy (non-hydrogen) atoms. The van der Waals surface area contributed by atoms with Gasteiger partial charge in [-0.3, -0.25) is 9.79 Å². The van der Waals surface area contributed by atoms with Gasteiger partial charge in [-0.05, 0) is 18.4 Å². The molecule has 3 rings (SSSR count). The molecule has 5 nitrogen and oxygen atoms in total. The van der Waals surface area contributed by atoms with Crippen molar-refractivity contribution < 1.29 is 9.18 Å². The van der Waals surface area contributed by atoms with E-state index in [4.69, 9.17) is 11.5 Å². The zero-order valence-corrected chi connectivity index (χ0v) is 14.1. The normalized spacial score (nSPS) is 19.6. The topological polar surface area (TPSA) is 84.7 Å². The quantitative estimate of drug-likeness (QED) is 0.774. The third-order valence-corrected chi connectivity index (χ3v) is 4.55. The summed E-state index contributed by atoms with van der Waals surface area (Å²) in [6.45, 7) is 0.836. The van der Waals surface area contributed by atoms with Gasteiger partial charge < -0.3 is 16.4 Å². The summed E-state index contributed by atoms with van der Waals surface area (Å²) in [5.74, 6) is -0.0765. The Balaban J connectivity index is 2.01. The Hall–Kier alpha value is -2.47. The predicted octanol–water partition coefficient (Wildman–Crippen LogP) is 1.90. The maximum atomic E-state index is 13.0. The van der Waals surface area contributed by atoms with Crippen LogP contribution in [0, 0.1) is 0 Å². The average molecular weight is 342 g/mol. The lowest BCUT2D eigenvalue weighted by atomic mass is 9.95. The molecule has 4 N–H and O–H groups in total. The smallest absolute Gasteiger partial charge is 0.258 e. The second-order valence-corrected chi connectivity index (χ2v) is 6.38. The molecule has 0 radical (unpaired) electrons. The summed E-state index contributed by atoms with van der Waals surface area (Å²) in [4.78, 5) is 19.4. The Morgan fingerprint density at radius 3 is 2.64 bits per heavy atom. The molecule has 1 aliphatic carbocycles. The van der Waals surface area contributed by atoms with Crippen molar-refractivity contribution in [2.45, 2.75) is 25.3 Å². The van der Waals surface area contributed by atoms with Gasteiger partial charge in [0.25, 0.3) is 5.91 Å². The highest BCUT2D eigenvalue weighted by atomic mass is 19.1. The van der Waals surface area contributed by atoms with E-state index >= 15 is 0 Å². The molecule has 132 valence electrons. The zero-order chi connectivity index (χ0) is 17.8. The Labute approximate surface area is 146 Å². The van der Waals surface area contributed by atoms with Gasteiger partial charge in [-0.25, -0.2) is 4.39 Å². The van der Waals surface area contributed by atoms with Crippen LogP contribution in [0.1, 0.15) is 24.8 Å². The third kappa shape index (κ3) is 3.79. The van der Waals surface area contributed by atoms with E-state index in [1.165, 1.54) is 0 Å². The maximum Gasteiger partial charge on any atom is 0.258 e. The molecule has 1 aliphatic heterocycles. The standard InChI is InChI=1S/C19H23FN4O/c20-10-13(11-21)12-23-18(14-4-2-1-3-5-14)17-16(22)8-9-24(19(17)25)15-6-7-15/h1-5,10,15H,6-9,11-12,21-22H2/b13-10+,23-18?. The summed E-state index contributed by atoms with van der Waals surface area (Å²) in [6.07, 6.45) is 3.19. The van der Waals surface area contributed by atoms with E-state index in [0.29, 0.717) is 47.9 Å². The largest absolute Gasteiger partial charge is 0.401 e. The molecule has 2 aliphatic rings. The van der Waals surface area contributed by atoms with Crippen LogP contribution in [0.25, 0.3) is 0 Å². The molecule has 0 spiro atoms. The number of rotatable bonds is 6. The Bertz CT molecular complexity index is 735. The average Bonchev–Trinajstić information content (AvgIpc) is 3.46. The summed E-state index contributed by atoms with van der Waals surface area (Å²) in [6, 6.07) is 9.72. The fraction of sp³-hybridized carbons (Fsp3) is 0.368. The Morgan fingerprint density at radius 2 is 2.04 bits per heavy atom. The van der Waals surface area contributed by atoms with E-state index in [1.54, 1.807) is 0 Å². The highest BCUT2D eigenvalue weighted by Crippen LogP contribution is 2.32. The second-order valence-electron chi connectivity index (χ2n) is 6.38. The molecule has 0 atom stereocenters. The lowest BCUT2D eigenvalue weighted by molar-refractivity contribution is -0.127. The number of carbonyl (C=O) groups is 1. The molecule has 1 fully saturated rings. The molecule has 6 heteroatoms. The van der Waals surface area contributed by atoms with Crippen molar-refractivity contribution in [3.05, 3.63) is 59.1 Å². The first-order valence-corrected chi connectivity index (χ1v) is 8.53. The van der Waals surface area contributed by atoms with E-state index < -0.39 is 0 Å². The maximum absolute atomic E-state index is 13.0. The van der Waals surface area contributed by atoms with Gasteiger partial charge in [0.15, 0.2) is 0 Å². The van der Waals surface area contributed by atoms with Gasteiger partial charge in [0.05, 0.1) is 24.2 Å². The van der Waals surface area contributed by atoms with Gasteiger partial charge in [-0.2, -0.15) is 0 Å². The van der Waals surface area contributed by atoms with Gasteiger partial charge >= 0.3 is 0 Å². The molecule has 0 unspecified atom stereocenters. The number of amides is 1. The van der Waals surface area contributed by atoms with Crippen LogP contribution in [-0.4, -0.2) is 42.2 Å². The number of nitrogens with zero attached hydrogens (tertiary/aromatic N) is 2. The number of nitrogens with two attached hydrogens (primary N) is 2. The van der Waals surface area contributed by atoms with Crippen LogP contribution >= 0.6 is 0 Å². The molecule has 1 aromatic rings. The number of aliphatic imine (C=N–C) groups is 1. The van der Waals surface area contributed by atoms with Crippen molar-refractivity contribution in [3.8, 4) is 0 Å². The molecule has 0 saturated heterocycles. The number of hydrogen-bond acceptors (Lipinski definition) is 4. The molecule has 1 heterocycles. The molecule has 1 amide bonds. The van der Waals surface area contributed by atoms with E-state index in [2.05, 4.69) is 4.99 Å². The van der Waals surface area contributed by atoms with E-state index in [1.807, 2.05) is 35.2 Å². The molecular weight excluding hydrogens is 319 g/mol. The van der Waals surface area contributed by atoms with Crippen molar-refractivity contribution in [2.24, 2.45) is 16.5 Å². The Morgan fingerprint density at radius 1 is 1.32 bits per heavy atom. The van der Waals surface area contributed by atoms with Gasteiger partial charge in [-0.1, -0.05) is 30.3 Å². The SMILES string of the molecule is NC/C(=C\F)CN=C(C1=C(N)CCN(C2CC2)C1=O)c1ccccc1.